The molecule has 0 aromatic carbocycles. The molecule has 0 amide bonds. The van der Waals surface area contributed by atoms with Crippen LogP contribution in [0.5, 0.6) is 0 Å². The number of nitrogens with one attached hydrogen (secondary N) is 2. The summed E-state index contributed by atoms with van der Waals surface area (Å²) in [6, 6.07) is 8.66. The summed E-state index contributed by atoms with van der Waals surface area (Å²) in [6.07, 6.45) is 42.4. The summed E-state index contributed by atoms with van der Waals surface area (Å²) < 4.78 is 8.20. The Hall–Kier alpha value is -7.60. The highest BCUT2D eigenvalue weighted by molar-refractivity contribution is 6.03. The third-order valence-corrected chi connectivity index (χ3v) is 10.3. The predicted octanol–water partition coefficient (Wildman–Crippen LogP) is 7.86. The Bertz CT molecular complexity index is 2560. The predicted molar refractivity (Wildman–Crippen MR) is 295 cm³/mol. The molecule has 5 heterocycles. The molecule has 3 aromatic rings. The monoisotopic (exact) mass is 915 g/mol. The van der Waals surface area contributed by atoms with Crippen molar-refractivity contribution < 1.29 is 18.3 Å². The summed E-state index contributed by atoms with van der Waals surface area (Å²) in [5.41, 5.74) is 14.7. The molecule has 3 aromatic heterocycles. The Morgan fingerprint density at radius 1 is 0.368 bits per heavy atom. The Morgan fingerprint density at radius 3 is 0.750 bits per heavy atom. The van der Waals surface area contributed by atoms with Gasteiger partial charge in [0.1, 0.15) is 56.4 Å². The molecule has 354 valence electrons. The van der Waals surface area contributed by atoms with Crippen molar-refractivity contribution in [2.45, 2.75) is 0 Å². The van der Waals surface area contributed by atoms with Gasteiger partial charge in [0.25, 0.3) is 0 Å². The molecule has 0 unspecified atom stereocenters. The molecule has 2 aliphatic rings. The molecule has 0 atom stereocenters. The number of nitrogens with zero attached hydrogens (tertiary/aromatic N) is 10. The highest BCUT2D eigenvalue weighted by atomic mass is 15.0. The largest absolute Gasteiger partial charge is 0.383 e. The first-order chi connectivity index (χ1) is 32.3. The minimum absolute atomic E-state index is 0.823. The second-order valence-electron chi connectivity index (χ2n) is 18.6. The highest BCUT2D eigenvalue weighted by Crippen LogP contribution is 2.35. The fourth-order valence-corrected chi connectivity index (χ4v) is 7.14. The van der Waals surface area contributed by atoms with E-state index in [1.807, 2.05) is 151 Å². The summed E-state index contributed by atoms with van der Waals surface area (Å²) in [5, 5.41) is 0. The van der Waals surface area contributed by atoms with Crippen molar-refractivity contribution >= 4 is 93.5 Å². The van der Waals surface area contributed by atoms with Crippen molar-refractivity contribution in [3.63, 3.8) is 0 Å². The van der Waals surface area contributed by atoms with Crippen LogP contribution in [0.25, 0.3) is 68.7 Å². The maximum absolute atomic E-state index is 5.59. The van der Waals surface area contributed by atoms with Gasteiger partial charge in [-0.2, -0.15) is 0 Å². The highest BCUT2D eigenvalue weighted by Gasteiger charge is 2.20. The van der Waals surface area contributed by atoms with Crippen LogP contribution in [0.15, 0.2) is 97.7 Å². The Balaban J connectivity index is 2.21. The molecule has 12 heteroatoms. The zero-order chi connectivity index (χ0) is 49.7. The first-order valence-corrected chi connectivity index (χ1v) is 22.7. The second kappa shape index (κ2) is 23.7. The number of hydrogen-bond acceptors (Lipinski definition) is 6. The van der Waals surface area contributed by atoms with E-state index in [9.17, 15) is 0 Å². The molecule has 8 bridgehead atoms. The normalized spacial score (nSPS) is 13.3. The Kier molecular flexibility index (Phi) is 17.9. The summed E-state index contributed by atoms with van der Waals surface area (Å²) in [4.78, 5) is 27.2. The second-order valence-corrected chi connectivity index (χ2v) is 18.6. The lowest BCUT2D eigenvalue weighted by Gasteiger charge is -2.10. The van der Waals surface area contributed by atoms with Crippen molar-refractivity contribution in [2.75, 3.05) is 113 Å². The summed E-state index contributed by atoms with van der Waals surface area (Å²) in [7, 11) is 32.6. The Labute approximate surface area is 405 Å². The summed E-state index contributed by atoms with van der Waals surface area (Å²) >= 11 is 0. The van der Waals surface area contributed by atoms with Gasteiger partial charge >= 0.3 is 0 Å². The van der Waals surface area contributed by atoms with Gasteiger partial charge in [-0.15, -0.1) is 0 Å². The molecule has 2 N–H and O–H groups in total. The van der Waals surface area contributed by atoms with Crippen LogP contribution in [0.3, 0.4) is 0 Å². The van der Waals surface area contributed by atoms with Gasteiger partial charge in [-0.3, -0.25) is 0 Å². The van der Waals surface area contributed by atoms with E-state index < -0.39 is 0 Å². The SMILES string of the molecule is CN(C)/C=C/C(=C\C=[N+](C)C)c1c2nc(c(C(/C=C/N(C)C)=C/C=[N+](C)C)c3ccc([nH]3)c(C(/C=C/N(C)C)=C/C=[N+](C)C)c3nc(c(C(/C=C/N(C)C)=C/C=[N+](C)C)c4ccc1[nH]4)C=C3)C=C2. The number of rotatable bonds is 16. The minimum atomic E-state index is 0.823. The van der Waals surface area contributed by atoms with E-state index in [2.05, 4.69) is 157 Å². The molecule has 0 radical (unpaired) electrons. The lowest BCUT2D eigenvalue weighted by atomic mass is 10.0. The molecule has 2 aliphatic heterocycles. The maximum Gasteiger partial charge on any atom is 0.163 e. The van der Waals surface area contributed by atoms with Gasteiger partial charge < -0.3 is 29.6 Å². The number of hydrogen-bond donors (Lipinski definition) is 2. The van der Waals surface area contributed by atoms with Gasteiger partial charge in [0.05, 0.1) is 22.8 Å². The summed E-state index contributed by atoms with van der Waals surface area (Å²) in [6.45, 7) is 0. The van der Waals surface area contributed by atoms with E-state index in [0.29, 0.717) is 0 Å². The van der Waals surface area contributed by atoms with Crippen LogP contribution < -0.4 is 0 Å². The zero-order valence-corrected chi connectivity index (χ0v) is 43.3. The van der Waals surface area contributed by atoms with Crippen LogP contribution in [0.4, 0.5) is 0 Å². The van der Waals surface area contributed by atoms with E-state index in [1.54, 1.807) is 0 Å². The molecule has 0 saturated carbocycles. The topological polar surface area (TPSA) is 82.4 Å². The standard InChI is InChI=1S/C56H73N12/c1-61(2)33-25-41(26-34-62(3)4)53-45-17-19-47(57-45)54(42(27-35-63(5)6)28-36-64(7)8)49-21-23-51(59-49)56(44(31-39-67(13)14)32-40-68(15)16)52-24-22-50(60-52)55(48-20-18-46(53)58-48)43(29-37-65(9)10)30-38-66(11)12/h17-40H,1-16H3,(H,57,58,59,60)/q+3/p+1. The van der Waals surface area contributed by atoms with E-state index in [4.69, 9.17) is 9.97 Å². The van der Waals surface area contributed by atoms with Crippen LogP contribution in [0, 0.1) is 0 Å². The van der Waals surface area contributed by atoms with E-state index in [1.165, 1.54) is 0 Å². The number of aromatic nitrogens is 4. The van der Waals surface area contributed by atoms with E-state index in [-0.39, 0.29) is 0 Å². The van der Waals surface area contributed by atoms with Gasteiger partial charge in [0.2, 0.25) is 0 Å². The van der Waals surface area contributed by atoms with Gasteiger partial charge in [-0.05, 0) is 120 Å². The van der Waals surface area contributed by atoms with Crippen molar-refractivity contribution in [3.8, 4) is 0 Å². The van der Waals surface area contributed by atoms with Crippen molar-refractivity contribution in [1.82, 2.24) is 39.5 Å². The molecule has 0 fully saturated rings. The van der Waals surface area contributed by atoms with Crippen LogP contribution in [-0.2, 0) is 0 Å². The molecular formula is C56H74N12+4. The molecule has 5 rings (SSSR count). The zero-order valence-electron chi connectivity index (χ0n) is 43.3. The molecule has 68 heavy (non-hydrogen) atoms. The van der Waals surface area contributed by atoms with E-state index in [0.717, 1.165) is 89.4 Å². The van der Waals surface area contributed by atoms with Crippen molar-refractivity contribution in [2.24, 2.45) is 0 Å². The Morgan fingerprint density at radius 2 is 0.574 bits per heavy atom. The number of H-pyrrole nitrogens is 2. The van der Waals surface area contributed by atoms with Crippen molar-refractivity contribution in [3.05, 3.63) is 143 Å². The summed E-state index contributed by atoms with van der Waals surface area (Å²) in [5.74, 6) is 0. The molecule has 12 nitrogen and oxygen atoms in total. The lowest BCUT2D eigenvalue weighted by Crippen LogP contribution is -2.02. The lowest BCUT2D eigenvalue weighted by molar-refractivity contribution is -0.458. The third-order valence-electron chi connectivity index (χ3n) is 10.3. The number of allylic oxidation sites excluding steroid dienone is 12. The molecular weight excluding hydrogens is 841 g/mol. The van der Waals surface area contributed by atoms with E-state index >= 15 is 0 Å². The van der Waals surface area contributed by atoms with Crippen LogP contribution in [-0.4, -0.2) is 195 Å². The van der Waals surface area contributed by atoms with Crippen LogP contribution in [0.1, 0.15) is 45.0 Å². The first-order valence-electron chi connectivity index (χ1n) is 22.7. The quantitative estimate of drug-likeness (QED) is 0.0597. The minimum Gasteiger partial charge on any atom is -0.383 e. The maximum atomic E-state index is 5.59. The van der Waals surface area contributed by atoms with Crippen molar-refractivity contribution in [1.29, 1.82) is 0 Å². The fraction of sp³-hybridized carbons (Fsp3) is 0.286. The molecule has 0 aliphatic carbocycles. The smallest absolute Gasteiger partial charge is 0.163 e. The molecule has 0 saturated heterocycles. The van der Waals surface area contributed by atoms with Gasteiger partial charge in [0, 0.05) is 125 Å². The first kappa shape index (κ1) is 51.4. The van der Waals surface area contributed by atoms with Gasteiger partial charge in [-0.1, -0.05) is 0 Å². The molecule has 0 spiro atoms. The number of fused-ring (bicyclic) bond motifs is 8. The van der Waals surface area contributed by atoms with Crippen LogP contribution >= 0.6 is 0 Å². The average molecular weight is 915 g/mol. The van der Waals surface area contributed by atoms with Gasteiger partial charge in [-0.25, -0.2) is 28.3 Å². The van der Waals surface area contributed by atoms with Gasteiger partial charge in [0.15, 0.2) is 24.9 Å². The van der Waals surface area contributed by atoms with Crippen LogP contribution in [0.2, 0.25) is 0 Å². The average Bonchev–Trinajstić information content (AvgIpc) is 4.11. The fourth-order valence-electron chi connectivity index (χ4n) is 7.14. The third kappa shape index (κ3) is 14.2. The number of aromatic amines is 2.